The van der Waals surface area contributed by atoms with Gasteiger partial charge in [-0.15, -0.1) is 0 Å². The third-order valence-corrected chi connectivity index (χ3v) is 4.44. The molecule has 1 aliphatic heterocycles. The van der Waals surface area contributed by atoms with E-state index in [4.69, 9.17) is 4.74 Å². The highest BCUT2D eigenvalue weighted by atomic mass is 16.5. The molecule has 0 saturated heterocycles. The molecule has 4 nitrogen and oxygen atoms in total. The van der Waals surface area contributed by atoms with E-state index in [-0.39, 0.29) is 5.91 Å². The van der Waals surface area contributed by atoms with E-state index < -0.39 is 0 Å². The van der Waals surface area contributed by atoms with Crippen LogP contribution in [0.4, 0.5) is 11.4 Å². The molecule has 1 aliphatic rings. The molecule has 0 radical (unpaired) electrons. The fourth-order valence-corrected chi connectivity index (χ4v) is 2.77. The number of nitrogens with one attached hydrogen (secondary N) is 1. The molecule has 4 heteroatoms. The van der Waals surface area contributed by atoms with E-state index in [2.05, 4.69) is 30.1 Å². The van der Waals surface area contributed by atoms with E-state index in [0.717, 1.165) is 35.7 Å². The summed E-state index contributed by atoms with van der Waals surface area (Å²) in [6.45, 7) is 5.01. The first-order valence-electron chi connectivity index (χ1n) is 8.60. The molecule has 3 rings (SSSR count). The van der Waals surface area contributed by atoms with Crippen molar-refractivity contribution in [3.05, 3.63) is 59.7 Å². The molecule has 1 heterocycles. The van der Waals surface area contributed by atoms with Gasteiger partial charge >= 0.3 is 0 Å². The van der Waals surface area contributed by atoms with Crippen molar-refractivity contribution in [3.8, 4) is 5.75 Å². The van der Waals surface area contributed by atoms with Crippen LogP contribution < -0.4 is 15.0 Å². The Morgan fingerprint density at radius 3 is 2.88 bits per heavy atom. The molecule has 130 valence electrons. The third kappa shape index (κ3) is 4.21. The predicted octanol–water partition coefficient (Wildman–Crippen LogP) is 4.12. The maximum Gasteiger partial charge on any atom is 0.248 e. The average Bonchev–Trinajstić information content (AvgIpc) is 3.07. The van der Waals surface area contributed by atoms with E-state index in [1.807, 2.05) is 49.5 Å². The lowest BCUT2D eigenvalue weighted by Crippen LogP contribution is -2.25. The molecule has 0 fully saturated rings. The minimum absolute atomic E-state index is 0.138. The number of anilines is 2. The highest BCUT2D eigenvalue weighted by Crippen LogP contribution is 2.26. The summed E-state index contributed by atoms with van der Waals surface area (Å²) in [5.74, 6) is 0.814. The number of carbonyl (C=O) groups is 1. The molecule has 0 saturated carbocycles. The van der Waals surface area contributed by atoms with Crippen LogP contribution in [0.3, 0.4) is 0 Å². The molecule has 0 aromatic heterocycles. The minimum Gasteiger partial charge on any atom is -0.493 e. The average molecular weight is 336 g/mol. The molecular formula is C21H24N2O2. The number of nitrogens with zero attached hydrogens (tertiary/aromatic N) is 1. The van der Waals surface area contributed by atoms with Crippen LogP contribution in [0.2, 0.25) is 0 Å². The lowest BCUT2D eigenvalue weighted by molar-refractivity contribution is -0.111. The van der Waals surface area contributed by atoms with Crippen LogP contribution in [0.1, 0.15) is 25.0 Å². The van der Waals surface area contributed by atoms with E-state index >= 15 is 0 Å². The van der Waals surface area contributed by atoms with Crippen molar-refractivity contribution in [1.82, 2.24) is 0 Å². The fourth-order valence-electron chi connectivity index (χ4n) is 2.77. The van der Waals surface area contributed by atoms with Crippen molar-refractivity contribution in [2.45, 2.75) is 26.3 Å². The summed E-state index contributed by atoms with van der Waals surface area (Å²) < 4.78 is 5.50. The van der Waals surface area contributed by atoms with E-state index in [0.29, 0.717) is 6.04 Å². The SMILES string of the molecule is CC(C)N(C)c1cccc(NC(=O)C=Cc2ccc3c(c2)CCO3)c1. The second kappa shape index (κ2) is 7.43. The van der Waals surface area contributed by atoms with Crippen molar-refractivity contribution in [2.75, 3.05) is 23.9 Å². The van der Waals surface area contributed by atoms with Crippen molar-refractivity contribution in [1.29, 1.82) is 0 Å². The molecule has 2 aromatic carbocycles. The second-order valence-corrected chi connectivity index (χ2v) is 6.54. The molecule has 1 amide bonds. The summed E-state index contributed by atoms with van der Waals surface area (Å²) in [6.07, 6.45) is 4.33. The Bertz CT molecular complexity index is 796. The fraction of sp³-hybridized carbons (Fsp3) is 0.286. The Morgan fingerprint density at radius 1 is 1.24 bits per heavy atom. The van der Waals surface area contributed by atoms with E-state index in [9.17, 15) is 4.79 Å². The zero-order chi connectivity index (χ0) is 17.8. The Morgan fingerprint density at radius 2 is 2.08 bits per heavy atom. The molecule has 0 spiro atoms. The van der Waals surface area contributed by atoms with Gasteiger partial charge in [-0.3, -0.25) is 4.79 Å². The molecule has 0 unspecified atom stereocenters. The number of carbonyl (C=O) groups excluding carboxylic acids is 1. The number of rotatable bonds is 5. The summed E-state index contributed by atoms with van der Waals surface area (Å²) in [5.41, 5.74) is 4.08. The normalized spacial score (nSPS) is 13.0. The van der Waals surface area contributed by atoms with Crippen LogP contribution >= 0.6 is 0 Å². The van der Waals surface area contributed by atoms with Crippen LogP contribution in [0.25, 0.3) is 6.08 Å². The second-order valence-electron chi connectivity index (χ2n) is 6.54. The van der Waals surface area contributed by atoms with E-state index in [1.165, 1.54) is 5.56 Å². The summed E-state index contributed by atoms with van der Waals surface area (Å²) in [6, 6.07) is 14.3. The molecule has 0 atom stereocenters. The van der Waals surface area contributed by atoms with Gasteiger partial charge in [0.2, 0.25) is 5.91 Å². The minimum atomic E-state index is -0.138. The Balaban J connectivity index is 1.65. The Kier molecular flexibility index (Phi) is 5.08. The summed E-state index contributed by atoms with van der Waals surface area (Å²) in [7, 11) is 2.04. The van der Waals surface area contributed by atoms with Gasteiger partial charge in [0.25, 0.3) is 0 Å². The lowest BCUT2D eigenvalue weighted by atomic mass is 10.1. The van der Waals surface area contributed by atoms with Gasteiger partial charge in [0.1, 0.15) is 5.75 Å². The smallest absolute Gasteiger partial charge is 0.248 e. The zero-order valence-electron chi connectivity index (χ0n) is 15.0. The highest BCUT2D eigenvalue weighted by Gasteiger charge is 2.11. The van der Waals surface area contributed by atoms with Gasteiger partial charge in [-0.05, 0) is 61.4 Å². The van der Waals surface area contributed by atoms with Gasteiger partial charge in [-0.25, -0.2) is 0 Å². The van der Waals surface area contributed by atoms with Crippen molar-refractivity contribution < 1.29 is 9.53 Å². The zero-order valence-corrected chi connectivity index (χ0v) is 15.0. The van der Waals surface area contributed by atoms with Crippen molar-refractivity contribution >= 4 is 23.4 Å². The molecule has 0 aliphatic carbocycles. The monoisotopic (exact) mass is 336 g/mol. The van der Waals surface area contributed by atoms with Gasteiger partial charge in [0, 0.05) is 37.0 Å². The molecule has 0 bridgehead atoms. The summed E-state index contributed by atoms with van der Waals surface area (Å²) in [5, 5.41) is 2.92. The lowest BCUT2D eigenvalue weighted by Gasteiger charge is -2.24. The first-order valence-corrected chi connectivity index (χ1v) is 8.60. The van der Waals surface area contributed by atoms with Crippen LogP contribution in [-0.2, 0) is 11.2 Å². The number of hydrogen-bond acceptors (Lipinski definition) is 3. The topological polar surface area (TPSA) is 41.6 Å². The van der Waals surface area contributed by atoms with Crippen LogP contribution in [0, 0.1) is 0 Å². The summed E-state index contributed by atoms with van der Waals surface area (Å²) in [4.78, 5) is 14.4. The van der Waals surface area contributed by atoms with Gasteiger partial charge in [0.05, 0.1) is 6.61 Å². The Labute approximate surface area is 149 Å². The van der Waals surface area contributed by atoms with Gasteiger partial charge in [-0.1, -0.05) is 12.1 Å². The van der Waals surface area contributed by atoms with Gasteiger partial charge in [-0.2, -0.15) is 0 Å². The largest absolute Gasteiger partial charge is 0.493 e. The number of amides is 1. The third-order valence-electron chi connectivity index (χ3n) is 4.44. The van der Waals surface area contributed by atoms with Crippen molar-refractivity contribution in [2.24, 2.45) is 0 Å². The first-order chi connectivity index (χ1) is 12.0. The molecule has 2 aromatic rings. The standard InChI is InChI=1S/C21H24N2O2/c1-15(2)23(3)19-6-4-5-18(14-19)22-21(24)10-8-16-7-9-20-17(13-16)11-12-25-20/h4-10,13-15H,11-12H2,1-3H3,(H,22,24). The van der Waals surface area contributed by atoms with Gasteiger partial charge < -0.3 is 15.0 Å². The Hall–Kier alpha value is -2.75. The maximum atomic E-state index is 12.2. The number of ether oxygens (including phenoxy) is 1. The van der Waals surface area contributed by atoms with Gasteiger partial charge in [0.15, 0.2) is 0 Å². The molecule has 1 N–H and O–H groups in total. The van der Waals surface area contributed by atoms with E-state index in [1.54, 1.807) is 6.08 Å². The van der Waals surface area contributed by atoms with Crippen LogP contribution in [0.15, 0.2) is 48.5 Å². The number of benzene rings is 2. The highest BCUT2D eigenvalue weighted by molar-refractivity contribution is 6.02. The van der Waals surface area contributed by atoms with Crippen LogP contribution in [0.5, 0.6) is 5.75 Å². The predicted molar refractivity (Wildman–Crippen MR) is 103 cm³/mol. The quantitative estimate of drug-likeness (QED) is 0.835. The van der Waals surface area contributed by atoms with Crippen LogP contribution in [-0.4, -0.2) is 25.6 Å². The summed E-state index contributed by atoms with van der Waals surface area (Å²) >= 11 is 0. The number of hydrogen-bond donors (Lipinski definition) is 1. The molecule has 25 heavy (non-hydrogen) atoms. The maximum absolute atomic E-state index is 12.2. The van der Waals surface area contributed by atoms with Crippen molar-refractivity contribution in [3.63, 3.8) is 0 Å². The first kappa shape index (κ1) is 17.1. The molecular weight excluding hydrogens is 312 g/mol. The number of fused-ring (bicyclic) bond motifs is 1.